The Hall–Kier alpha value is -3.22. The summed E-state index contributed by atoms with van der Waals surface area (Å²) in [6, 6.07) is 13.0. The van der Waals surface area contributed by atoms with Gasteiger partial charge in [0.1, 0.15) is 11.6 Å². The van der Waals surface area contributed by atoms with Gasteiger partial charge in [-0.1, -0.05) is 24.3 Å². The monoisotopic (exact) mass is 341 g/mol. The third-order valence-corrected chi connectivity index (χ3v) is 3.22. The molecule has 0 atom stereocenters. The third-order valence-electron chi connectivity index (χ3n) is 3.22. The predicted octanol–water partition coefficient (Wildman–Crippen LogP) is 3.92. The normalized spacial score (nSPS) is 10.7. The molecule has 3 rings (SSSR count). The van der Waals surface area contributed by atoms with Crippen molar-refractivity contribution in [3.63, 3.8) is 0 Å². The number of aromatic nitrogens is 2. The number of para-hydroxylation sites is 2. The summed E-state index contributed by atoms with van der Waals surface area (Å²) < 4.78 is 24.7. The summed E-state index contributed by atoms with van der Waals surface area (Å²) in [6.07, 6.45) is -0.0471. The summed E-state index contributed by atoms with van der Waals surface area (Å²) in [5.74, 6) is -0.907. The Bertz CT molecular complexity index is 893. The van der Waals surface area contributed by atoms with Crippen LogP contribution < -0.4 is 10.1 Å². The molecule has 1 heterocycles. The van der Waals surface area contributed by atoms with Crippen LogP contribution in [0.5, 0.6) is 5.75 Å². The highest BCUT2D eigenvalue weighted by Gasteiger charge is 2.19. The highest BCUT2D eigenvalue weighted by molar-refractivity contribution is 6.01. The van der Waals surface area contributed by atoms with Crippen LogP contribution in [0.15, 0.2) is 52.9 Å². The Morgan fingerprint density at radius 1 is 1.12 bits per heavy atom. The Labute approximate surface area is 143 Å². The molecule has 0 fully saturated rings. The van der Waals surface area contributed by atoms with Crippen LogP contribution in [0.4, 0.5) is 10.1 Å². The van der Waals surface area contributed by atoms with Crippen LogP contribution in [0.1, 0.15) is 24.5 Å². The number of anilines is 1. The van der Waals surface area contributed by atoms with Gasteiger partial charge in [0.2, 0.25) is 0 Å². The van der Waals surface area contributed by atoms with Gasteiger partial charge in [-0.25, -0.2) is 4.39 Å². The van der Waals surface area contributed by atoms with Gasteiger partial charge < -0.3 is 14.5 Å². The van der Waals surface area contributed by atoms with Crippen molar-refractivity contribution in [3.05, 3.63) is 60.2 Å². The fourth-order valence-electron chi connectivity index (χ4n) is 2.16. The Morgan fingerprint density at radius 3 is 2.60 bits per heavy atom. The Balaban J connectivity index is 1.81. The minimum absolute atomic E-state index is 0.0471. The van der Waals surface area contributed by atoms with Gasteiger partial charge in [-0.2, -0.15) is 0 Å². The quantitative estimate of drug-likeness (QED) is 0.761. The number of nitrogens with zero attached hydrogens (tertiary/aromatic N) is 2. The average Bonchev–Trinajstić information content (AvgIpc) is 3.06. The minimum atomic E-state index is -0.602. The summed E-state index contributed by atoms with van der Waals surface area (Å²) >= 11 is 0. The molecular formula is C18H16FN3O3. The van der Waals surface area contributed by atoms with Crippen LogP contribution in [-0.4, -0.2) is 22.2 Å². The molecule has 0 spiro atoms. The first-order valence-corrected chi connectivity index (χ1v) is 7.70. The second-order valence-electron chi connectivity index (χ2n) is 5.51. The van der Waals surface area contributed by atoms with Crippen molar-refractivity contribution >= 4 is 11.6 Å². The second-order valence-corrected chi connectivity index (χ2v) is 5.51. The third kappa shape index (κ3) is 3.82. The summed E-state index contributed by atoms with van der Waals surface area (Å²) in [4.78, 5) is 12.3. The number of benzene rings is 2. The summed E-state index contributed by atoms with van der Waals surface area (Å²) in [5, 5.41) is 10.1. The molecule has 0 radical (unpaired) electrons. The van der Waals surface area contributed by atoms with Gasteiger partial charge in [-0.15, -0.1) is 10.2 Å². The van der Waals surface area contributed by atoms with Gasteiger partial charge in [-0.05, 0) is 38.1 Å². The lowest BCUT2D eigenvalue weighted by Gasteiger charge is -2.13. The van der Waals surface area contributed by atoms with E-state index in [1.54, 1.807) is 36.4 Å². The molecule has 128 valence electrons. The van der Waals surface area contributed by atoms with E-state index in [4.69, 9.17) is 9.15 Å². The van der Waals surface area contributed by atoms with Gasteiger partial charge in [0.05, 0.1) is 17.4 Å². The van der Waals surface area contributed by atoms with Crippen molar-refractivity contribution in [1.82, 2.24) is 10.2 Å². The molecule has 0 saturated carbocycles. The molecule has 2 aromatic carbocycles. The van der Waals surface area contributed by atoms with Gasteiger partial charge in [0.25, 0.3) is 5.89 Å². The SMILES string of the molecule is CC(C)Oc1ccccc1NC(=O)c1nnc(-c2ccccc2F)o1. The molecule has 1 aromatic heterocycles. The van der Waals surface area contributed by atoms with E-state index in [-0.39, 0.29) is 23.4 Å². The summed E-state index contributed by atoms with van der Waals surface area (Å²) in [6.45, 7) is 3.77. The van der Waals surface area contributed by atoms with Crippen molar-refractivity contribution in [1.29, 1.82) is 0 Å². The average molecular weight is 341 g/mol. The fourth-order valence-corrected chi connectivity index (χ4v) is 2.16. The Kier molecular flexibility index (Phi) is 4.74. The topological polar surface area (TPSA) is 77.2 Å². The van der Waals surface area contributed by atoms with E-state index in [1.165, 1.54) is 12.1 Å². The first-order valence-electron chi connectivity index (χ1n) is 7.70. The van der Waals surface area contributed by atoms with E-state index in [0.29, 0.717) is 11.4 Å². The van der Waals surface area contributed by atoms with E-state index >= 15 is 0 Å². The first kappa shape index (κ1) is 16.6. The van der Waals surface area contributed by atoms with Crippen molar-refractivity contribution in [2.45, 2.75) is 20.0 Å². The fraction of sp³-hybridized carbons (Fsp3) is 0.167. The zero-order valence-corrected chi connectivity index (χ0v) is 13.7. The standard InChI is InChI=1S/C18H16FN3O3/c1-11(2)24-15-10-6-5-9-14(15)20-16(23)18-22-21-17(25-18)12-7-3-4-8-13(12)19/h3-11H,1-2H3,(H,20,23). The molecule has 3 aromatic rings. The lowest BCUT2D eigenvalue weighted by Crippen LogP contribution is -2.14. The minimum Gasteiger partial charge on any atom is -0.489 e. The van der Waals surface area contributed by atoms with Crippen LogP contribution in [0.25, 0.3) is 11.5 Å². The summed E-state index contributed by atoms with van der Waals surface area (Å²) in [7, 11) is 0. The number of carbonyl (C=O) groups is 1. The first-order chi connectivity index (χ1) is 12.0. The molecule has 0 aliphatic heterocycles. The molecule has 0 unspecified atom stereocenters. The number of rotatable bonds is 5. The van der Waals surface area contributed by atoms with E-state index in [1.807, 2.05) is 13.8 Å². The van der Waals surface area contributed by atoms with Gasteiger partial charge in [0.15, 0.2) is 0 Å². The van der Waals surface area contributed by atoms with Crippen LogP contribution in [0, 0.1) is 5.82 Å². The maximum Gasteiger partial charge on any atom is 0.313 e. The molecule has 0 aliphatic rings. The van der Waals surface area contributed by atoms with Gasteiger partial charge >= 0.3 is 11.8 Å². The molecule has 6 nitrogen and oxygen atoms in total. The summed E-state index contributed by atoms with van der Waals surface area (Å²) in [5.41, 5.74) is 0.615. The zero-order chi connectivity index (χ0) is 17.8. The van der Waals surface area contributed by atoms with E-state index in [0.717, 1.165) is 0 Å². The highest BCUT2D eigenvalue weighted by Crippen LogP contribution is 2.26. The molecule has 1 amide bonds. The van der Waals surface area contributed by atoms with Crippen LogP contribution in [-0.2, 0) is 0 Å². The van der Waals surface area contributed by atoms with Crippen LogP contribution >= 0.6 is 0 Å². The smallest absolute Gasteiger partial charge is 0.313 e. The molecule has 0 bridgehead atoms. The molecule has 7 heteroatoms. The van der Waals surface area contributed by atoms with Crippen LogP contribution in [0.3, 0.4) is 0 Å². The number of halogens is 1. The van der Waals surface area contributed by atoms with Crippen molar-refractivity contribution in [2.75, 3.05) is 5.32 Å². The number of amides is 1. The lowest BCUT2D eigenvalue weighted by atomic mass is 10.2. The largest absolute Gasteiger partial charge is 0.489 e. The number of carbonyl (C=O) groups excluding carboxylic acids is 1. The van der Waals surface area contributed by atoms with E-state index < -0.39 is 11.7 Å². The number of nitrogens with one attached hydrogen (secondary N) is 1. The van der Waals surface area contributed by atoms with E-state index in [9.17, 15) is 9.18 Å². The number of hydrogen-bond acceptors (Lipinski definition) is 5. The Morgan fingerprint density at radius 2 is 1.84 bits per heavy atom. The van der Waals surface area contributed by atoms with E-state index in [2.05, 4.69) is 15.5 Å². The molecule has 0 saturated heterocycles. The maximum absolute atomic E-state index is 13.8. The molecule has 0 aliphatic carbocycles. The zero-order valence-electron chi connectivity index (χ0n) is 13.7. The number of hydrogen-bond donors (Lipinski definition) is 1. The van der Waals surface area contributed by atoms with Crippen molar-refractivity contribution < 1.29 is 18.3 Å². The lowest BCUT2D eigenvalue weighted by molar-refractivity contribution is 0.0990. The second kappa shape index (κ2) is 7.12. The van der Waals surface area contributed by atoms with Crippen LogP contribution in [0.2, 0.25) is 0 Å². The highest BCUT2D eigenvalue weighted by atomic mass is 19.1. The van der Waals surface area contributed by atoms with Gasteiger partial charge in [0, 0.05) is 0 Å². The van der Waals surface area contributed by atoms with Gasteiger partial charge in [-0.3, -0.25) is 4.79 Å². The number of ether oxygens (including phenoxy) is 1. The molecule has 25 heavy (non-hydrogen) atoms. The maximum atomic E-state index is 13.8. The van der Waals surface area contributed by atoms with Crippen molar-refractivity contribution in [3.8, 4) is 17.2 Å². The molecular weight excluding hydrogens is 325 g/mol. The predicted molar refractivity (Wildman–Crippen MR) is 89.9 cm³/mol. The van der Waals surface area contributed by atoms with Crippen molar-refractivity contribution in [2.24, 2.45) is 0 Å². The molecule has 1 N–H and O–H groups in total.